The number of rotatable bonds is 10. The summed E-state index contributed by atoms with van der Waals surface area (Å²) in [5.41, 5.74) is 2.13. The zero-order chi connectivity index (χ0) is 28.8. The number of halogens is 1. The number of ether oxygens (including phenoxy) is 3. The van der Waals surface area contributed by atoms with Gasteiger partial charge in [0.25, 0.3) is 5.91 Å². The minimum atomic E-state index is -0.882. The molecule has 208 valence electrons. The summed E-state index contributed by atoms with van der Waals surface area (Å²) in [6, 6.07) is 16.3. The van der Waals surface area contributed by atoms with Gasteiger partial charge in [-0.2, -0.15) is 0 Å². The lowest BCUT2D eigenvalue weighted by atomic mass is 10.1. The average Bonchev–Trinajstić information content (AvgIpc) is 3.19. The largest absolute Gasteiger partial charge is 0.493 e. The number of carbonyl (C=O) groups is 3. The predicted octanol–water partition coefficient (Wildman–Crippen LogP) is 4.20. The average molecular weight is 566 g/mol. The number of nitrogens with one attached hydrogen (secondary N) is 1. The van der Waals surface area contributed by atoms with Gasteiger partial charge in [0.1, 0.15) is 11.9 Å². The molecule has 40 heavy (non-hydrogen) atoms. The summed E-state index contributed by atoms with van der Waals surface area (Å²) in [7, 11) is 4.39. The Balaban J connectivity index is 1.54. The molecule has 1 saturated heterocycles. The van der Waals surface area contributed by atoms with E-state index in [9.17, 15) is 18.8 Å². The zero-order valence-corrected chi connectivity index (χ0v) is 23.0. The van der Waals surface area contributed by atoms with Crippen LogP contribution in [0.3, 0.4) is 0 Å². The lowest BCUT2D eigenvalue weighted by Crippen LogP contribution is -2.39. The number of methoxy groups -OCH3 is 3. The molecule has 0 aromatic heterocycles. The number of hydrogen-bond donors (Lipinski definition) is 1. The first kappa shape index (κ1) is 28.5. The highest BCUT2D eigenvalue weighted by atomic mass is 32.1. The topological polar surface area (TPSA) is 97.4 Å². The first-order valence-electron chi connectivity index (χ1n) is 12.3. The Kier molecular flexibility index (Phi) is 8.95. The van der Waals surface area contributed by atoms with Crippen molar-refractivity contribution in [3.05, 3.63) is 83.7 Å². The third-order valence-corrected chi connectivity index (χ3v) is 6.88. The van der Waals surface area contributed by atoms with Gasteiger partial charge in [0, 0.05) is 12.2 Å². The molecular weight excluding hydrogens is 537 g/mol. The van der Waals surface area contributed by atoms with Crippen LogP contribution in [0, 0.1) is 5.82 Å². The number of nitrogens with zero attached hydrogens (tertiary/aromatic N) is 2. The molecule has 0 spiro atoms. The molecule has 9 nitrogen and oxygen atoms in total. The van der Waals surface area contributed by atoms with Crippen molar-refractivity contribution in [1.82, 2.24) is 4.90 Å². The summed E-state index contributed by atoms with van der Waals surface area (Å²) in [5.74, 6) is -0.573. The van der Waals surface area contributed by atoms with Crippen molar-refractivity contribution in [3.8, 4) is 11.5 Å². The molecular formula is C29H28FN3O6S. The Morgan fingerprint density at radius 2 is 1.62 bits per heavy atom. The van der Waals surface area contributed by atoms with Crippen LogP contribution in [0.1, 0.15) is 22.3 Å². The third-order valence-electron chi connectivity index (χ3n) is 6.46. The Hall–Kier alpha value is -4.51. The van der Waals surface area contributed by atoms with E-state index in [1.54, 1.807) is 37.3 Å². The standard InChI is InChI=1S/C29H28FN3O6S/c1-37-24-13-4-18(16-25(24)38-2)14-15-32-23(27(35)33(29(32)40)22-11-7-20(30)8-12-22)17-26(34)31-21-9-5-19(6-10-21)28(36)39-3/h4-13,16,23H,14-15,17H2,1-3H3,(H,31,34)/t23-/m0/s1. The van der Waals surface area contributed by atoms with Gasteiger partial charge in [-0.05, 0) is 84.9 Å². The monoisotopic (exact) mass is 565 g/mol. The molecule has 3 aromatic carbocycles. The smallest absolute Gasteiger partial charge is 0.337 e. The summed E-state index contributed by atoms with van der Waals surface area (Å²) in [4.78, 5) is 41.3. The van der Waals surface area contributed by atoms with Crippen LogP contribution in [0.25, 0.3) is 0 Å². The van der Waals surface area contributed by atoms with Crippen LogP contribution in [0.4, 0.5) is 15.8 Å². The van der Waals surface area contributed by atoms with Crippen molar-refractivity contribution in [2.45, 2.75) is 18.9 Å². The first-order valence-corrected chi connectivity index (χ1v) is 12.8. The van der Waals surface area contributed by atoms with E-state index < -0.39 is 23.7 Å². The maximum Gasteiger partial charge on any atom is 0.337 e. The predicted molar refractivity (Wildman–Crippen MR) is 151 cm³/mol. The molecule has 0 radical (unpaired) electrons. The number of anilines is 2. The van der Waals surface area contributed by atoms with Crippen molar-refractivity contribution < 1.29 is 33.0 Å². The number of esters is 1. The number of amides is 2. The van der Waals surface area contributed by atoms with Crippen molar-refractivity contribution in [1.29, 1.82) is 0 Å². The van der Waals surface area contributed by atoms with E-state index in [1.165, 1.54) is 48.4 Å². The molecule has 0 aliphatic carbocycles. The van der Waals surface area contributed by atoms with Gasteiger partial charge in [0.05, 0.1) is 39.0 Å². The van der Waals surface area contributed by atoms with E-state index >= 15 is 0 Å². The van der Waals surface area contributed by atoms with Crippen LogP contribution in [0.2, 0.25) is 0 Å². The van der Waals surface area contributed by atoms with Gasteiger partial charge < -0.3 is 24.4 Å². The molecule has 4 rings (SSSR count). The Morgan fingerprint density at radius 3 is 2.25 bits per heavy atom. The normalized spacial score (nSPS) is 14.8. The van der Waals surface area contributed by atoms with E-state index in [-0.39, 0.29) is 17.4 Å². The molecule has 0 saturated carbocycles. The Bertz CT molecular complexity index is 1410. The second kappa shape index (κ2) is 12.6. The lowest BCUT2D eigenvalue weighted by Gasteiger charge is -2.24. The molecule has 1 aliphatic heterocycles. The number of thiocarbonyl (C=S) groups is 1. The van der Waals surface area contributed by atoms with E-state index in [0.29, 0.717) is 41.4 Å². The molecule has 1 heterocycles. The molecule has 0 bridgehead atoms. The summed E-state index contributed by atoms with van der Waals surface area (Å²) < 4.78 is 29.0. The highest BCUT2D eigenvalue weighted by molar-refractivity contribution is 7.80. The quantitative estimate of drug-likeness (QED) is 0.289. The molecule has 2 amide bonds. The van der Waals surface area contributed by atoms with E-state index in [2.05, 4.69) is 5.32 Å². The van der Waals surface area contributed by atoms with Crippen LogP contribution in [-0.4, -0.2) is 61.7 Å². The van der Waals surface area contributed by atoms with Crippen LogP contribution >= 0.6 is 12.2 Å². The first-order chi connectivity index (χ1) is 19.2. The molecule has 1 aliphatic rings. The number of hydrogen-bond acceptors (Lipinski definition) is 7. The van der Waals surface area contributed by atoms with Crippen molar-refractivity contribution in [2.75, 3.05) is 38.1 Å². The number of benzene rings is 3. The van der Waals surface area contributed by atoms with E-state index in [0.717, 1.165) is 5.56 Å². The van der Waals surface area contributed by atoms with Gasteiger partial charge in [0.2, 0.25) is 5.91 Å². The SMILES string of the molecule is COC(=O)c1ccc(NC(=O)C[C@H]2C(=O)N(c3ccc(F)cc3)C(=S)N2CCc2ccc(OC)c(OC)c2)cc1. The van der Waals surface area contributed by atoms with Crippen molar-refractivity contribution in [3.63, 3.8) is 0 Å². The van der Waals surface area contributed by atoms with Gasteiger partial charge in [0.15, 0.2) is 16.6 Å². The fourth-order valence-corrected chi connectivity index (χ4v) is 4.81. The van der Waals surface area contributed by atoms with Gasteiger partial charge in [-0.3, -0.25) is 14.5 Å². The van der Waals surface area contributed by atoms with Crippen molar-refractivity contribution in [2.24, 2.45) is 0 Å². The fourth-order valence-electron chi connectivity index (χ4n) is 4.40. The second-order valence-electron chi connectivity index (χ2n) is 8.90. The minimum absolute atomic E-state index is 0.179. The van der Waals surface area contributed by atoms with Crippen molar-refractivity contribution >= 4 is 46.5 Å². The zero-order valence-electron chi connectivity index (χ0n) is 22.2. The summed E-state index contributed by atoms with van der Waals surface area (Å²) >= 11 is 5.68. The lowest BCUT2D eigenvalue weighted by molar-refractivity contribution is -0.124. The molecule has 1 atom stereocenters. The summed E-state index contributed by atoms with van der Waals surface area (Å²) in [6.07, 6.45) is 0.319. The van der Waals surface area contributed by atoms with Crippen LogP contribution in [-0.2, 0) is 20.7 Å². The van der Waals surface area contributed by atoms with Gasteiger partial charge in [-0.25, -0.2) is 9.18 Å². The van der Waals surface area contributed by atoms with Gasteiger partial charge in [-0.15, -0.1) is 0 Å². The molecule has 3 aromatic rings. The number of carbonyl (C=O) groups excluding carboxylic acids is 3. The Labute approximate surface area is 236 Å². The van der Waals surface area contributed by atoms with Crippen LogP contribution in [0.5, 0.6) is 11.5 Å². The molecule has 1 fully saturated rings. The maximum atomic E-state index is 13.6. The summed E-state index contributed by atoms with van der Waals surface area (Å²) in [6.45, 7) is 0.337. The highest BCUT2D eigenvalue weighted by Gasteiger charge is 2.44. The molecule has 11 heteroatoms. The molecule has 1 N–H and O–H groups in total. The van der Waals surface area contributed by atoms with E-state index in [1.807, 2.05) is 12.1 Å². The minimum Gasteiger partial charge on any atom is -0.493 e. The summed E-state index contributed by atoms with van der Waals surface area (Å²) in [5, 5.41) is 2.98. The molecule has 0 unspecified atom stereocenters. The van der Waals surface area contributed by atoms with Gasteiger partial charge >= 0.3 is 5.97 Å². The Morgan fingerprint density at radius 1 is 0.950 bits per heavy atom. The van der Waals surface area contributed by atoms with E-state index in [4.69, 9.17) is 26.4 Å². The van der Waals surface area contributed by atoms with Crippen LogP contribution < -0.4 is 19.7 Å². The van der Waals surface area contributed by atoms with Gasteiger partial charge in [-0.1, -0.05) is 6.07 Å². The maximum absolute atomic E-state index is 13.6. The highest BCUT2D eigenvalue weighted by Crippen LogP contribution is 2.30. The third kappa shape index (κ3) is 6.20. The van der Waals surface area contributed by atoms with Crippen LogP contribution in [0.15, 0.2) is 66.7 Å². The second-order valence-corrected chi connectivity index (χ2v) is 9.27. The fraction of sp³-hybridized carbons (Fsp3) is 0.241.